The Kier molecular flexibility index (Phi) is 3.51. The van der Waals surface area contributed by atoms with E-state index in [1.165, 1.54) is 11.2 Å². The molecular weight excluding hydrogens is 192 g/mol. The van der Waals surface area contributed by atoms with Gasteiger partial charge < -0.3 is 9.32 Å². The Bertz CT molecular complexity index is 388. The first kappa shape index (κ1) is 11.3. The van der Waals surface area contributed by atoms with Crippen LogP contribution >= 0.6 is 0 Å². The molecule has 4 heteroatoms. The van der Waals surface area contributed by atoms with Crippen molar-refractivity contribution in [3.63, 3.8) is 0 Å². The molecule has 1 rings (SSSR count). The van der Waals surface area contributed by atoms with Gasteiger partial charge in [-0.15, -0.1) is 0 Å². The second-order valence-corrected chi connectivity index (χ2v) is 3.63. The molecule has 0 spiro atoms. The van der Waals surface area contributed by atoms with Gasteiger partial charge >= 0.3 is 0 Å². The normalized spacial score (nSPS) is 10.1. The summed E-state index contributed by atoms with van der Waals surface area (Å²) < 4.78 is 5.06. The lowest BCUT2D eigenvalue weighted by atomic mass is 10.2. The Hall–Kier alpha value is -1.76. The van der Waals surface area contributed by atoms with Crippen molar-refractivity contribution in [3.05, 3.63) is 23.7 Å². The van der Waals surface area contributed by atoms with Gasteiger partial charge in [-0.3, -0.25) is 4.79 Å². The molecule has 0 N–H and O–H groups in total. The molecule has 0 aromatic carbocycles. The van der Waals surface area contributed by atoms with E-state index in [4.69, 9.17) is 9.68 Å². The van der Waals surface area contributed by atoms with Gasteiger partial charge in [0.15, 0.2) is 0 Å². The maximum absolute atomic E-state index is 11.9. The van der Waals surface area contributed by atoms with Crippen molar-refractivity contribution in [2.24, 2.45) is 0 Å². The molecule has 4 nitrogen and oxygen atoms in total. The number of carbonyl (C=O) groups excluding carboxylic acids is 1. The molecule has 1 heterocycles. The monoisotopic (exact) mass is 206 g/mol. The molecule has 15 heavy (non-hydrogen) atoms. The van der Waals surface area contributed by atoms with Crippen LogP contribution in [0.2, 0.25) is 0 Å². The van der Waals surface area contributed by atoms with Gasteiger partial charge in [0, 0.05) is 6.04 Å². The van der Waals surface area contributed by atoms with Gasteiger partial charge in [-0.25, -0.2) is 0 Å². The molecule has 0 aliphatic rings. The van der Waals surface area contributed by atoms with Gasteiger partial charge in [0.2, 0.25) is 0 Å². The van der Waals surface area contributed by atoms with E-state index in [9.17, 15) is 4.79 Å². The second-order valence-electron chi connectivity index (χ2n) is 3.63. The topological polar surface area (TPSA) is 57.2 Å². The fraction of sp³-hybridized carbons (Fsp3) is 0.455. The number of amides is 1. The molecule has 0 aliphatic heterocycles. The number of aryl methyl sites for hydroxylation is 1. The van der Waals surface area contributed by atoms with Crippen LogP contribution in [0.4, 0.5) is 0 Å². The van der Waals surface area contributed by atoms with Crippen molar-refractivity contribution >= 4 is 5.91 Å². The zero-order valence-electron chi connectivity index (χ0n) is 9.15. The van der Waals surface area contributed by atoms with Crippen molar-refractivity contribution in [1.29, 1.82) is 5.26 Å². The predicted octanol–water partition coefficient (Wildman–Crippen LogP) is 1.96. The highest BCUT2D eigenvalue weighted by molar-refractivity contribution is 5.94. The van der Waals surface area contributed by atoms with Gasteiger partial charge in [0.25, 0.3) is 5.91 Å². The minimum atomic E-state index is -0.164. The minimum absolute atomic E-state index is 0.00681. The molecule has 0 radical (unpaired) electrons. The van der Waals surface area contributed by atoms with Crippen LogP contribution in [0.3, 0.4) is 0 Å². The van der Waals surface area contributed by atoms with Gasteiger partial charge in [0.1, 0.15) is 18.6 Å². The molecule has 1 aromatic heterocycles. The molecule has 0 unspecified atom stereocenters. The van der Waals surface area contributed by atoms with Gasteiger partial charge in [-0.2, -0.15) is 5.26 Å². The number of nitriles is 1. The van der Waals surface area contributed by atoms with E-state index in [1.54, 1.807) is 13.0 Å². The van der Waals surface area contributed by atoms with Crippen molar-refractivity contribution < 1.29 is 9.21 Å². The molecule has 0 saturated carbocycles. The molecule has 1 aromatic rings. The van der Waals surface area contributed by atoms with Crippen LogP contribution in [-0.2, 0) is 0 Å². The van der Waals surface area contributed by atoms with E-state index in [1.807, 2.05) is 19.9 Å². The van der Waals surface area contributed by atoms with Crippen molar-refractivity contribution in [3.8, 4) is 6.07 Å². The minimum Gasteiger partial charge on any atom is -0.469 e. The van der Waals surface area contributed by atoms with Gasteiger partial charge in [-0.05, 0) is 26.8 Å². The third kappa shape index (κ3) is 2.59. The number of rotatable bonds is 3. The van der Waals surface area contributed by atoms with Crippen LogP contribution in [0.25, 0.3) is 0 Å². The van der Waals surface area contributed by atoms with Crippen molar-refractivity contribution in [2.45, 2.75) is 26.8 Å². The van der Waals surface area contributed by atoms with E-state index in [-0.39, 0.29) is 18.5 Å². The zero-order chi connectivity index (χ0) is 11.4. The molecule has 0 bridgehead atoms. The van der Waals surface area contributed by atoms with E-state index >= 15 is 0 Å². The number of nitrogens with zero attached hydrogens (tertiary/aromatic N) is 2. The summed E-state index contributed by atoms with van der Waals surface area (Å²) >= 11 is 0. The second kappa shape index (κ2) is 4.65. The average Bonchev–Trinajstić information content (AvgIpc) is 2.59. The van der Waals surface area contributed by atoms with Crippen LogP contribution in [-0.4, -0.2) is 23.4 Å². The summed E-state index contributed by atoms with van der Waals surface area (Å²) in [5.74, 6) is 0.530. The highest BCUT2D eigenvalue weighted by atomic mass is 16.3. The Morgan fingerprint density at radius 2 is 2.33 bits per heavy atom. The Morgan fingerprint density at radius 3 is 2.73 bits per heavy atom. The summed E-state index contributed by atoms with van der Waals surface area (Å²) in [5, 5.41) is 8.62. The third-order valence-electron chi connectivity index (χ3n) is 2.10. The molecule has 0 atom stereocenters. The molecular formula is C11H14N2O2. The SMILES string of the molecule is Cc1cc(C(=O)N(CC#N)C(C)C)co1. The van der Waals surface area contributed by atoms with Crippen LogP contribution in [0.5, 0.6) is 0 Å². The third-order valence-corrected chi connectivity index (χ3v) is 2.10. The van der Waals surface area contributed by atoms with Crippen molar-refractivity contribution in [1.82, 2.24) is 4.90 Å². The number of carbonyl (C=O) groups is 1. The quantitative estimate of drug-likeness (QED) is 0.710. The Labute approximate surface area is 89.1 Å². The average molecular weight is 206 g/mol. The van der Waals surface area contributed by atoms with E-state index in [0.29, 0.717) is 11.3 Å². The highest BCUT2D eigenvalue weighted by Crippen LogP contribution is 2.11. The summed E-state index contributed by atoms with van der Waals surface area (Å²) in [6.07, 6.45) is 1.42. The summed E-state index contributed by atoms with van der Waals surface area (Å²) in [5.41, 5.74) is 0.497. The lowest BCUT2D eigenvalue weighted by Gasteiger charge is -2.22. The molecule has 0 aliphatic carbocycles. The summed E-state index contributed by atoms with van der Waals surface area (Å²) in [6, 6.07) is 3.66. The van der Waals surface area contributed by atoms with Crippen LogP contribution in [0, 0.1) is 18.3 Å². The summed E-state index contributed by atoms with van der Waals surface area (Å²) in [7, 11) is 0. The number of hydrogen-bond acceptors (Lipinski definition) is 3. The van der Waals surface area contributed by atoms with Gasteiger partial charge in [0.05, 0.1) is 11.6 Å². The van der Waals surface area contributed by atoms with Crippen LogP contribution in [0.15, 0.2) is 16.7 Å². The van der Waals surface area contributed by atoms with E-state index in [2.05, 4.69) is 0 Å². The van der Waals surface area contributed by atoms with Crippen molar-refractivity contribution in [2.75, 3.05) is 6.54 Å². The Morgan fingerprint density at radius 1 is 1.67 bits per heavy atom. The first-order valence-corrected chi connectivity index (χ1v) is 4.79. The lowest BCUT2D eigenvalue weighted by molar-refractivity contribution is 0.0730. The maximum atomic E-state index is 11.9. The van der Waals surface area contributed by atoms with Crippen LogP contribution < -0.4 is 0 Å². The largest absolute Gasteiger partial charge is 0.469 e. The zero-order valence-corrected chi connectivity index (χ0v) is 9.15. The number of hydrogen-bond donors (Lipinski definition) is 0. The Balaban J connectivity index is 2.86. The first-order valence-electron chi connectivity index (χ1n) is 4.79. The molecule has 0 saturated heterocycles. The molecule has 80 valence electrons. The first-order chi connectivity index (χ1) is 7.06. The predicted molar refractivity (Wildman–Crippen MR) is 55.2 cm³/mol. The smallest absolute Gasteiger partial charge is 0.258 e. The van der Waals surface area contributed by atoms with Crippen LogP contribution in [0.1, 0.15) is 30.0 Å². The maximum Gasteiger partial charge on any atom is 0.258 e. The standard InChI is InChI=1S/C11H14N2O2/c1-8(2)13(5-4-12)11(14)10-6-9(3)15-7-10/h6-8H,5H2,1-3H3. The number of furan rings is 1. The fourth-order valence-electron chi connectivity index (χ4n) is 1.29. The highest BCUT2D eigenvalue weighted by Gasteiger charge is 2.19. The van der Waals surface area contributed by atoms with Gasteiger partial charge in [-0.1, -0.05) is 0 Å². The van der Waals surface area contributed by atoms with E-state index in [0.717, 1.165) is 0 Å². The molecule has 1 amide bonds. The summed E-state index contributed by atoms with van der Waals surface area (Å²) in [6.45, 7) is 5.63. The van der Waals surface area contributed by atoms with E-state index < -0.39 is 0 Å². The summed E-state index contributed by atoms with van der Waals surface area (Å²) in [4.78, 5) is 13.4. The lowest BCUT2D eigenvalue weighted by Crippen LogP contribution is -2.37. The fourth-order valence-corrected chi connectivity index (χ4v) is 1.29. The molecule has 0 fully saturated rings.